The van der Waals surface area contributed by atoms with Crippen molar-refractivity contribution in [2.45, 2.75) is 38.6 Å². The van der Waals surface area contributed by atoms with Crippen LogP contribution in [-0.4, -0.2) is 41.2 Å². The summed E-state index contributed by atoms with van der Waals surface area (Å²) in [4.78, 5) is 14.4. The van der Waals surface area contributed by atoms with E-state index in [0.717, 1.165) is 25.1 Å². The molecule has 0 fully saturated rings. The van der Waals surface area contributed by atoms with E-state index >= 15 is 0 Å². The molecule has 128 valence electrons. The van der Waals surface area contributed by atoms with Gasteiger partial charge in [0.25, 0.3) is 0 Å². The first kappa shape index (κ1) is 16.7. The number of nitrogens with zero attached hydrogens (tertiary/aromatic N) is 3. The first-order chi connectivity index (χ1) is 11.6. The lowest BCUT2D eigenvalue weighted by Crippen LogP contribution is -2.19. The van der Waals surface area contributed by atoms with Gasteiger partial charge in [0.15, 0.2) is 5.82 Å². The number of nitrogens with one attached hydrogen (secondary N) is 1. The van der Waals surface area contributed by atoms with Gasteiger partial charge >= 0.3 is 0 Å². The molecule has 1 aliphatic rings. The average Bonchev–Trinajstić information content (AvgIpc) is 3.00. The monoisotopic (exact) mass is 326 g/mol. The molecule has 2 aromatic rings. The van der Waals surface area contributed by atoms with E-state index in [-0.39, 0.29) is 5.91 Å². The van der Waals surface area contributed by atoms with Gasteiger partial charge in [-0.1, -0.05) is 18.2 Å². The number of rotatable bonds is 6. The van der Waals surface area contributed by atoms with Crippen LogP contribution in [0.3, 0.4) is 0 Å². The quantitative estimate of drug-likeness (QED) is 0.887. The van der Waals surface area contributed by atoms with Crippen molar-refractivity contribution in [2.75, 3.05) is 26.0 Å². The Bertz CT molecular complexity index is 705. The van der Waals surface area contributed by atoms with Gasteiger partial charge in [0.2, 0.25) is 5.91 Å². The summed E-state index contributed by atoms with van der Waals surface area (Å²) in [5, 5.41) is 7.29. The Balaban J connectivity index is 1.56. The van der Waals surface area contributed by atoms with E-state index in [1.807, 2.05) is 31.0 Å². The summed E-state index contributed by atoms with van der Waals surface area (Å²) < 4.78 is 1.86. The van der Waals surface area contributed by atoms with Crippen molar-refractivity contribution in [2.24, 2.45) is 0 Å². The van der Waals surface area contributed by atoms with Crippen LogP contribution in [0, 0.1) is 0 Å². The van der Waals surface area contributed by atoms with E-state index in [0.29, 0.717) is 12.2 Å². The molecule has 1 aromatic carbocycles. The largest absolute Gasteiger partial charge is 0.309 e. The molecule has 1 aliphatic carbocycles. The third kappa shape index (κ3) is 4.45. The summed E-state index contributed by atoms with van der Waals surface area (Å²) in [5.74, 6) is 0.611. The topological polar surface area (TPSA) is 50.2 Å². The Kier molecular flexibility index (Phi) is 5.30. The van der Waals surface area contributed by atoms with Crippen molar-refractivity contribution >= 4 is 11.7 Å². The van der Waals surface area contributed by atoms with Crippen LogP contribution < -0.4 is 5.32 Å². The average molecular weight is 326 g/mol. The van der Waals surface area contributed by atoms with Crippen LogP contribution in [0.1, 0.15) is 29.5 Å². The van der Waals surface area contributed by atoms with Crippen LogP contribution in [0.4, 0.5) is 5.82 Å². The maximum atomic E-state index is 12.3. The number of benzene rings is 1. The number of amides is 1. The number of likely N-dealkylation sites (N-methyl/N-ethyl adjacent to an activating group) is 1. The predicted molar refractivity (Wildman–Crippen MR) is 96.2 cm³/mol. The SMILES string of the molecule is CN(C)CCn1ccc(NC(=O)Cc2ccc3c(c2)CCCC3)n1. The van der Waals surface area contributed by atoms with Crippen molar-refractivity contribution in [1.82, 2.24) is 14.7 Å². The standard InChI is InChI=1S/C19H26N4O/c1-22(2)11-12-23-10-9-18(21-23)20-19(24)14-15-7-8-16-5-3-4-6-17(16)13-15/h7-10,13H,3-6,11-12,14H2,1-2H3,(H,20,21,24). The third-order valence-electron chi connectivity index (χ3n) is 4.46. The lowest BCUT2D eigenvalue weighted by atomic mass is 9.90. The Morgan fingerprint density at radius 2 is 2.00 bits per heavy atom. The smallest absolute Gasteiger partial charge is 0.229 e. The minimum atomic E-state index is -0.0105. The first-order valence-corrected chi connectivity index (χ1v) is 8.69. The number of hydrogen-bond acceptors (Lipinski definition) is 3. The van der Waals surface area contributed by atoms with Gasteiger partial charge in [0, 0.05) is 18.8 Å². The molecule has 0 saturated heterocycles. The van der Waals surface area contributed by atoms with Crippen LogP contribution in [0.5, 0.6) is 0 Å². The lowest BCUT2D eigenvalue weighted by Gasteiger charge is -2.16. The Hall–Kier alpha value is -2.14. The minimum absolute atomic E-state index is 0.0105. The van der Waals surface area contributed by atoms with Gasteiger partial charge in [-0.2, -0.15) is 5.10 Å². The van der Waals surface area contributed by atoms with Crippen molar-refractivity contribution in [1.29, 1.82) is 0 Å². The minimum Gasteiger partial charge on any atom is -0.309 e. The Morgan fingerprint density at radius 3 is 2.79 bits per heavy atom. The maximum absolute atomic E-state index is 12.3. The number of anilines is 1. The fourth-order valence-corrected chi connectivity index (χ4v) is 3.12. The number of hydrogen-bond donors (Lipinski definition) is 1. The van der Waals surface area contributed by atoms with E-state index in [2.05, 4.69) is 33.5 Å². The molecule has 0 bridgehead atoms. The molecule has 5 nitrogen and oxygen atoms in total. The van der Waals surface area contributed by atoms with Crippen molar-refractivity contribution < 1.29 is 4.79 Å². The van der Waals surface area contributed by atoms with Gasteiger partial charge in [0.1, 0.15) is 0 Å². The zero-order chi connectivity index (χ0) is 16.9. The summed E-state index contributed by atoms with van der Waals surface area (Å²) in [6, 6.07) is 8.32. The highest BCUT2D eigenvalue weighted by Crippen LogP contribution is 2.22. The number of carbonyl (C=O) groups is 1. The first-order valence-electron chi connectivity index (χ1n) is 8.69. The number of aryl methyl sites for hydroxylation is 2. The molecule has 1 N–H and O–H groups in total. The summed E-state index contributed by atoms with van der Waals surface area (Å²) in [6.45, 7) is 1.73. The van der Waals surface area contributed by atoms with Crippen molar-refractivity contribution in [3.05, 3.63) is 47.2 Å². The van der Waals surface area contributed by atoms with Gasteiger partial charge in [-0.3, -0.25) is 9.48 Å². The molecule has 0 spiro atoms. The normalized spacial score (nSPS) is 13.8. The lowest BCUT2D eigenvalue weighted by molar-refractivity contribution is -0.115. The molecule has 3 rings (SSSR count). The van der Waals surface area contributed by atoms with E-state index in [1.54, 1.807) is 0 Å². The highest BCUT2D eigenvalue weighted by Gasteiger charge is 2.12. The summed E-state index contributed by atoms with van der Waals surface area (Å²) in [6.07, 6.45) is 7.15. The summed E-state index contributed by atoms with van der Waals surface area (Å²) in [7, 11) is 4.07. The van der Waals surface area contributed by atoms with Gasteiger partial charge in [0.05, 0.1) is 13.0 Å². The summed E-state index contributed by atoms with van der Waals surface area (Å²) >= 11 is 0. The van der Waals surface area contributed by atoms with Crippen LogP contribution in [0.25, 0.3) is 0 Å². The Morgan fingerprint density at radius 1 is 1.21 bits per heavy atom. The molecule has 0 radical (unpaired) electrons. The number of fused-ring (bicyclic) bond motifs is 1. The zero-order valence-corrected chi connectivity index (χ0v) is 14.6. The molecule has 0 atom stereocenters. The number of aromatic nitrogens is 2. The fraction of sp³-hybridized carbons (Fsp3) is 0.474. The van der Waals surface area contributed by atoms with Crippen LogP contribution >= 0.6 is 0 Å². The van der Waals surface area contributed by atoms with Crippen molar-refractivity contribution in [3.8, 4) is 0 Å². The predicted octanol–water partition coefficient (Wildman–Crippen LogP) is 2.50. The molecule has 1 amide bonds. The maximum Gasteiger partial charge on any atom is 0.229 e. The summed E-state index contributed by atoms with van der Waals surface area (Å²) in [5.41, 5.74) is 3.95. The van der Waals surface area contributed by atoms with Crippen LogP contribution in [0.15, 0.2) is 30.5 Å². The second kappa shape index (κ2) is 7.62. The molecule has 24 heavy (non-hydrogen) atoms. The van der Waals surface area contributed by atoms with Crippen molar-refractivity contribution in [3.63, 3.8) is 0 Å². The second-order valence-corrected chi connectivity index (χ2v) is 6.80. The van der Waals surface area contributed by atoms with Crippen LogP contribution in [0.2, 0.25) is 0 Å². The second-order valence-electron chi connectivity index (χ2n) is 6.80. The fourth-order valence-electron chi connectivity index (χ4n) is 3.12. The zero-order valence-electron chi connectivity index (χ0n) is 14.6. The highest BCUT2D eigenvalue weighted by atomic mass is 16.1. The number of carbonyl (C=O) groups excluding carboxylic acids is 1. The molecule has 0 saturated carbocycles. The highest BCUT2D eigenvalue weighted by molar-refractivity contribution is 5.91. The molecule has 1 aromatic heterocycles. The molecule has 1 heterocycles. The molecule has 0 aliphatic heterocycles. The van der Waals surface area contributed by atoms with E-state index in [4.69, 9.17) is 0 Å². The van der Waals surface area contributed by atoms with Gasteiger partial charge in [-0.15, -0.1) is 0 Å². The molecule has 5 heteroatoms. The van der Waals surface area contributed by atoms with Crippen LogP contribution in [-0.2, 0) is 30.6 Å². The van der Waals surface area contributed by atoms with Gasteiger partial charge < -0.3 is 10.2 Å². The molecule has 0 unspecified atom stereocenters. The Labute approximate surface area is 143 Å². The van der Waals surface area contributed by atoms with E-state index in [1.165, 1.54) is 30.4 Å². The van der Waals surface area contributed by atoms with Gasteiger partial charge in [-0.25, -0.2) is 0 Å². The third-order valence-corrected chi connectivity index (χ3v) is 4.46. The van der Waals surface area contributed by atoms with E-state index < -0.39 is 0 Å². The molecular formula is C19H26N4O. The molecular weight excluding hydrogens is 300 g/mol. The van der Waals surface area contributed by atoms with Gasteiger partial charge in [-0.05, 0) is 56.5 Å². The van der Waals surface area contributed by atoms with E-state index in [9.17, 15) is 4.79 Å².